The van der Waals surface area contributed by atoms with Crippen LogP contribution in [0.2, 0.25) is 0 Å². The van der Waals surface area contributed by atoms with E-state index in [0.717, 1.165) is 29.1 Å². The van der Waals surface area contributed by atoms with E-state index in [1.54, 1.807) is 23.5 Å². The Morgan fingerprint density at radius 3 is 1.61 bits per heavy atom. The molecule has 1 aromatic rings. The molecule has 1 aliphatic rings. The summed E-state index contributed by atoms with van der Waals surface area (Å²) >= 11 is 8.73. The van der Waals surface area contributed by atoms with Gasteiger partial charge in [-0.15, -0.1) is 0 Å². The molecule has 2 rings (SSSR count). The fraction of sp³-hybridized carbons (Fsp3) is 0.727. The maximum Gasteiger partial charge on any atom is 0.315 e. The molecule has 0 spiro atoms. The molecule has 1 saturated carbocycles. The number of rotatable bonds is 11. The molecule has 0 aliphatic heterocycles. The number of ether oxygens (including phenoxy) is 2. The van der Waals surface area contributed by atoms with Crippen molar-refractivity contribution < 1.29 is 23.9 Å². The highest BCUT2D eigenvalue weighted by molar-refractivity contribution is 7.99. The second-order valence-corrected chi connectivity index (χ2v) is 13.1. The molecule has 0 heterocycles. The molecule has 6 nitrogen and oxygen atoms in total. The van der Waals surface area contributed by atoms with Gasteiger partial charge in [-0.1, -0.05) is 79.3 Å². The Kier molecular flexibility index (Phi) is 65.9. The van der Waals surface area contributed by atoms with E-state index in [2.05, 4.69) is 51.6 Å². The van der Waals surface area contributed by atoms with Gasteiger partial charge in [-0.2, -0.15) is 58.8 Å². The highest BCUT2D eigenvalue weighted by atomic mass is 32.2. The Morgan fingerprint density at radius 1 is 0.750 bits per heavy atom. The van der Waals surface area contributed by atoms with E-state index in [4.69, 9.17) is 0 Å². The second-order valence-electron chi connectivity index (χ2n) is 8.22. The molecule has 0 atom stereocenters. The second kappa shape index (κ2) is 49.3. The van der Waals surface area contributed by atoms with Crippen molar-refractivity contribution >= 4 is 76.7 Å². The van der Waals surface area contributed by atoms with Crippen LogP contribution in [0.5, 0.6) is 0 Å². The molecule has 1 aromatic carbocycles. The van der Waals surface area contributed by atoms with Crippen molar-refractivity contribution in [2.75, 3.05) is 69.3 Å². The summed E-state index contributed by atoms with van der Waals surface area (Å²) in [5, 5.41) is 3.69. The van der Waals surface area contributed by atoms with Crippen LogP contribution in [-0.4, -0.2) is 92.4 Å². The highest BCUT2D eigenvalue weighted by Crippen LogP contribution is 2.25. The minimum atomic E-state index is -0.160. The predicted molar refractivity (Wildman–Crippen MR) is 213 cm³/mol. The molecular formula is C33H69NO5S5. The van der Waals surface area contributed by atoms with Gasteiger partial charge in [0.05, 0.1) is 26.4 Å². The summed E-state index contributed by atoms with van der Waals surface area (Å²) < 4.78 is 8.73. The number of carbonyl (C=O) groups excluding carboxylic acids is 3. The number of hydrogen-bond donors (Lipinski definition) is 1. The molecule has 1 fully saturated rings. The van der Waals surface area contributed by atoms with Crippen LogP contribution in [0.25, 0.3) is 0 Å². The zero-order valence-corrected chi connectivity index (χ0v) is 29.9. The number of amides is 1. The van der Waals surface area contributed by atoms with Crippen LogP contribution in [0.3, 0.4) is 0 Å². The Bertz CT molecular complexity index is 694. The summed E-state index contributed by atoms with van der Waals surface area (Å²) in [5.74, 6) is 3.20. The van der Waals surface area contributed by atoms with Gasteiger partial charge in [-0.05, 0) is 49.7 Å². The van der Waals surface area contributed by atoms with Crippen LogP contribution >= 0.6 is 58.8 Å². The van der Waals surface area contributed by atoms with Crippen LogP contribution < -0.4 is 5.32 Å². The Labute approximate surface area is 295 Å². The number of thioether (sulfide) groups is 5. The molecule has 44 heavy (non-hydrogen) atoms. The minimum Gasteiger partial charge on any atom is -0.469 e. The molecule has 11 heteroatoms. The number of methoxy groups -OCH3 is 2. The van der Waals surface area contributed by atoms with E-state index in [1.165, 1.54) is 70.6 Å². The van der Waals surface area contributed by atoms with Gasteiger partial charge >= 0.3 is 11.9 Å². The van der Waals surface area contributed by atoms with Crippen molar-refractivity contribution in [3.05, 3.63) is 35.9 Å². The average Bonchev–Trinajstić information content (AvgIpc) is 2.98. The third-order valence-corrected chi connectivity index (χ3v) is 8.46. The SMILES string of the molecule is C.C.C.C.COC(=O)CCSC.COC(=O)CSC.CSC1CCCCC1.CSCCNC(C)=O.CSCc1ccccc1. The van der Waals surface area contributed by atoms with Gasteiger partial charge < -0.3 is 14.8 Å². The zero-order chi connectivity index (χ0) is 30.9. The summed E-state index contributed by atoms with van der Waals surface area (Å²) in [7, 11) is 2.79. The van der Waals surface area contributed by atoms with Crippen molar-refractivity contribution in [3.63, 3.8) is 0 Å². The van der Waals surface area contributed by atoms with Crippen LogP contribution in [0.15, 0.2) is 30.3 Å². The van der Waals surface area contributed by atoms with E-state index in [9.17, 15) is 14.4 Å². The van der Waals surface area contributed by atoms with Crippen molar-refractivity contribution in [1.82, 2.24) is 5.32 Å². The summed E-state index contributed by atoms with van der Waals surface area (Å²) in [4.78, 5) is 30.7. The van der Waals surface area contributed by atoms with Gasteiger partial charge in [0.2, 0.25) is 5.91 Å². The van der Waals surface area contributed by atoms with E-state index in [-0.39, 0.29) is 47.6 Å². The van der Waals surface area contributed by atoms with Gasteiger partial charge in [-0.25, -0.2) is 0 Å². The Morgan fingerprint density at radius 2 is 1.27 bits per heavy atom. The summed E-state index contributed by atoms with van der Waals surface area (Å²) in [6, 6.07) is 10.5. The number of nitrogens with one attached hydrogen (secondary N) is 1. The maximum atomic E-state index is 10.3. The van der Waals surface area contributed by atoms with Crippen LogP contribution in [-0.2, 0) is 29.6 Å². The number of carbonyl (C=O) groups is 3. The lowest BCUT2D eigenvalue weighted by Gasteiger charge is -2.18. The number of hydrogen-bond acceptors (Lipinski definition) is 10. The van der Waals surface area contributed by atoms with Crippen LogP contribution in [0.4, 0.5) is 0 Å². The van der Waals surface area contributed by atoms with Gasteiger partial charge in [0, 0.05) is 36.0 Å². The van der Waals surface area contributed by atoms with Gasteiger partial charge in [0.1, 0.15) is 0 Å². The standard InChI is InChI=1S/C8H10S.C7H14S.C5H11NOS.C5H10O2S.C4H8O2S.4CH4/c1-9-7-8-5-3-2-4-6-8;1-8-7-5-3-2-4-6-7;1-5(7)6-3-4-8-2;1-7-5(6)3-4-8-2;1-6-4(5)3-7-2;;;;/h2-6H,7H2,1H3;7H,2-6H2,1H3;3-4H2,1-2H3,(H,6,7);3-4H2,1-2H3;3H2,1-2H3;4*1H4. The molecule has 0 saturated heterocycles. The lowest BCUT2D eigenvalue weighted by Crippen LogP contribution is -2.22. The lowest BCUT2D eigenvalue weighted by atomic mass is 10.0. The van der Waals surface area contributed by atoms with Crippen molar-refractivity contribution in [2.45, 2.75) is 86.2 Å². The first-order valence-corrected chi connectivity index (χ1v) is 20.0. The fourth-order valence-corrected chi connectivity index (χ4v) is 5.20. The molecule has 1 N–H and O–H groups in total. The number of benzene rings is 1. The molecular weight excluding hydrogens is 651 g/mol. The average molecular weight is 720 g/mol. The smallest absolute Gasteiger partial charge is 0.315 e. The molecule has 0 radical (unpaired) electrons. The summed E-state index contributed by atoms with van der Waals surface area (Å²) in [6.45, 7) is 2.32. The largest absolute Gasteiger partial charge is 0.469 e. The molecule has 0 aromatic heterocycles. The van der Waals surface area contributed by atoms with Crippen LogP contribution in [0, 0.1) is 0 Å². The van der Waals surface area contributed by atoms with Gasteiger partial charge in [0.15, 0.2) is 0 Å². The van der Waals surface area contributed by atoms with Crippen LogP contribution in [0.1, 0.15) is 80.7 Å². The third kappa shape index (κ3) is 51.0. The Hall–Kier alpha value is -0.620. The molecule has 1 aliphatic carbocycles. The highest BCUT2D eigenvalue weighted by Gasteiger charge is 2.10. The minimum absolute atomic E-state index is 0. The van der Waals surface area contributed by atoms with Crippen molar-refractivity contribution in [3.8, 4) is 0 Å². The number of esters is 2. The first kappa shape index (κ1) is 58.9. The van der Waals surface area contributed by atoms with E-state index < -0.39 is 0 Å². The van der Waals surface area contributed by atoms with Crippen molar-refractivity contribution in [2.24, 2.45) is 0 Å². The van der Waals surface area contributed by atoms with E-state index >= 15 is 0 Å². The monoisotopic (exact) mass is 719 g/mol. The molecule has 1 amide bonds. The first-order chi connectivity index (χ1) is 19.2. The maximum absolute atomic E-state index is 10.3. The molecule has 0 unspecified atom stereocenters. The first-order valence-electron chi connectivity index (χ1n) is 13.2. The summed E-state index contributed by atoms with van der Waals surface area (Å²) in [5.41, 5.74) is 1.41. The fourth-order valence-electron chi connectivity index (χ4n) is 2.84. The van der Waals surface area contributed by atoms with Crippen molar-refractivity contribution in [1.29, 1.82) is 0 Å². The topological polar surface area (TPSA) is 81.7 Å². The quantitative estimate of drug-likeness (QED) is 0.176. The predicted octanol–water partition coefficient (Wildman–Crippen LogP) is 9.70. The van der Waals surface area contributed by atoms with Gasteiger partial charge in [0.25, 0.3) is 0 Å². The molecule has 266 valence electrons. The molecule has 0 bridgehead atoms. The third-order valence-electron chi connectivity index (χ3n) is 4.95. The summed E-state index contributed by atoms with van der Waals surface area (Å²) in [6.07, 6.45) is 18.1. The lowest BCUT2D eigenvalue weighted by molar-refractivity contribution is -0.140. The zero-order valence-electron chi connectivity index (χ0n) is 25.8. The Balaban J connectivity index is -0.0000000763. The van der Waals surface area contributed by atoms with E-state index in [0.29, 0.717) is 12.2 Å². The normalized spacial score (nSPS) is 10.7. The van der Waals surface area contributed by atoms with E-state index in [1.807, 2.05) is 48.4 Å². The van der Waals surface area contributed by atoms with Gasteiger partial charge in [-0.3, -0.25) is 14.4 Å².